The van der Waals surface area contributed by atoms with E-state index in [1.54, 1.807) is 36.4 Å². The van der Waals surface area contributed by atoms with Crippen LogP contribution in [0, 0.1) is 5.92 Å². The molecule has 0 saturated heterocycles. The number of hydrogen-bond acceptors (Lipinski definition) is 3. The number of carbonyl (C=O) groups excluding carboxylic acids is 3. The van der Waals surface area contributed by atoms with E-state index in [9.17, 15) is 27.6 Å². The monoisotopic (exact) mass is 430 g/mol. The Morgan fingerprint density at radius 1 is 0.935 bits per heavy atom. The van der Waals surface area contributed by atoms with E-state index in [1.807, 2.05) is 0 Å². The molecule has 0 radical (unpaired) electrons. The van der Waals surface area contributed by atoms with Crippen molar-refractivity contribution in [3.8, 4) is 0 Å². The first kappa shape index (κ1) is 21.1. The van der Waals surface area contributed by atoms with Gasteiger partial charge in [-0.15, -0.1) is 0 Å². The van der Waals surface area contributed by atoms with E-state index in [0.29, 0.717) is 36.0 Å². The van der Waals surface area contributed by atoms with Crippen LogP contribution in [0.25, 0.3) is 0 Å². The highest BCUT2D eigenvalue weighted by atomic mass is 19.4. The molecule has 162 valence electrons. The first-order valence-electron chi connectivity index (χ1n) is 10.2. The minimum absolute atomic E-state index is 0.0215. The minimum Gasteiger partial charge on any atom is -0.349 e. The molecule has 1 aliphatic carbocycles. The molecule has 1 heterocycles. The number of nitrogens with zero attached hydrogens (tertiary/aromatic N) is 1. The van der Waals surface area contributed by atoms with Gasteiger partial charge in [-0.25, -0.2) is 0 Å². The number of imide groups is 1. The first-order chi connectivity index (χ1) is 14.8. The molecule has 2 atom stereocenters. The number of carbonyl (C=O) groups is 3. The van der Waals surface area contributed by atoms with Crippen LogP contribution in [0.2, 0.25) is 0 Å². The van der Waals surface area contributed by atoms with Crippen LogP contribution in [-0.4, -0.2) is 34.8 Å². The average Bonchev–Trinajstić information content (AvgIpc) is 2.99. The standard InChI is InChI=1S/C23H21F3N2O3/c24-23(25,26)18-7-3-4-8-19(18)27-20(29)15-11-9-14(10-12-15)13-28-21(30)16-5-1-2-6-17(16)22(28)31/h1-2,5-6,9-12,18-19H,3-4,7-8,13H2,(H,27,29). The molecule has 2 aromatic rings. The molecule has 1 aliphatic heterocycles. The Bertz CT molecular complexity index is 982. The third-order valence-corrected chi connectivity index (χ3v) is 5.94. The van der Waals surface area contributed by atoms with Crippen molar-refractivity contribution in [3.05, 3.63) is 70.8 Å². The molecule has 5 nitrogen and oxygen atoms in total. The summed E-state index contributed by atoms with van der Waals surface area (Å²) < 4.78 is 39.7. The summed E-state index contributed by atoms with van der Waals surface area (Å²) in [6.07, 6.45) is -2.87. The summed E-state index contributed by atoms with van der Waals surface area (Å²) in [5.41, 5.74) is 1.58. The predicted octanol–water partition coefficient (Wildman–Crippen LogP) is 4.33. The second kappa shape index (κ2) is 8.17. The number of hydrogen-bond donors (Lipinski definition) is 1. The van der Waals surface area contributed by atoms with Crippen molar-refractivity contribution in [3.63, 3.8) is 0 Å². The lowest BCUT2D eigenvalue weighted by atomic mass is 9.84. The lowest BCUT2D eigenvalue weighted by Crippen LogP contribution is -2.47. The van der Waals surface area contributed by atoms with Gasteiger partial charge in [0.1, 0.15) is 0 Å². The molecule has 2 aliphatic rings. The molecule has 31 heavy (non-hydrogen) atoms. The van der Waals surface area contributed by atoms with Crippen molar-refractivity contribution < 1.29 is 27.6 Å². The van der Waals surface area contributed by atoms with Gasteiger partial charge < -0.3 is 5.32 Å². The van der Waals surface area contributed by atoms with Gasteiger partial charge >= 0.3 is 6.18 Å². The first-order valence-corrected chi connectivity index (χ1v) is 10.2. The molecule has 4 rings (SSSR count). The Morgan fingerprint density at radius 3 is 2.10 bits per heavy atom. The normalized spacial score (nSPS) is 21.2. The lowest BCUT2D eigenvalue weighted by molar-refractivity contribution is -0.187. The Hall–Kier alpha value is -3.16. The van der Waals surface area contributed by atoms with E-state index in [-0.39, 0.29) is 30.3 Å². The highest BCUT2D eigenvalue weighted by Gasteiger charge is 2.46. The molecule has 0 spiro atoms. The highest BCUT2D eigenvalue weighted by molar-refractivity contribution is 6.21. The fourth-order valence-corrected chi connectivity index (χ4v) is 4.27. The van der Waals surface area contributed by atoms with Crippen LogP contribution in [0.5, 0.6) is 0 Å². The maximum absolute atomic E-state index is 13.2. The third-order valence-electron chi connectivity index (χ3n) is 5.94. The van der Waals surface area contributed by atoms with Crippen molar-refractivity contribution in [2.45, 2.75) is 44.4 Å². The van der Waals surface area contributed by atoms with Gasteiger partial charge in [0.2, 0.25) is 0 Å². The Labute approximate surface area is 177 Å². The summed E-state index contributed by atoms with van der Waals surface area (Å²) in [5.74, 6) is -2.84. The van der Waals surface area contributed by atoms with Crippen LogP contribution in [0.4, 0.5) is 13.2 Å². The second-order valence-electron chi connectivity index (χ2n) is 7.95. The molecule has 1 fully saturated rings. The third kappa shape index (κ3) is 4.19. The molecule has 2 unspecified atom stereocenters. The van der Waals surface area contributed by atoms with Crippen molar-refractivity contribution in [1.29, 1.82) is 0 Å². The van der Waals surface area contributed by atoms with Gasteiger partial charge in [0.05, 0.1) is 23.6 Å². The van der Waals surface area contributed by atoms with E-state index in [2.05, 4.69) is 5.32 Å². The van der Waals surface area contributed by atoms with Gasteiger partial charge in [-0.3, -0.25) is 19.3 Å². The molecule has 0 bridgehead atoms. The van der Waals surface area contributed by atoms with Crippen LogP contribution in [-0.2, 0) is 6.54 Å². The molecule has 8 heteroatoms. The molecule has 1 N–H and O–H groups in total. The quantitative estimate of drug-likeness (QED) is 0.734. The number of amides is 3. The van der Waals surface area contributed by atoms with Gasteiger partial charge in [0.15, 0.2) is 0 Å². The maximum atomic E-state index is 13.2. The second-order valence-corrected chi connectivity index (χ2v) is 7.95. The Kier molecular flexibility index (Phi) is 5.56. The van der Waals surface area contributed by atoms with Gasteiger partial charge in [-0.2, -0.15) is 13.2 Å². The van der Waals surface area contributed by atoms with Gasteiger partial charge in [0.25, 0.3) is 17.7 Å². The number of alkyl halides is 3. The fourth-order valence-electron chi connectivity index (χ4n) is 4.27. The molecule has 1 saturated carbocycles. The molecule has 0 aromatic heterocycles. The van der Waals surface area contributed by atoms with E-state index in [0.717, 1.165) is 4.90 Å². The summed E-state index contributed by atoms with van der Waals surface area (Å²) in [4.78, 5) is 38.6. The van der Waals surface area contributed by atoms with Crippen molar-refractivity contribution in [2.75, 3.05) is 0 Å². The Morgan fingerprint density at radius 2 is 1.52 bits per heavy atom. The molecule has 2 aromatic carbocycles. The van der Waals surface area contributed by atoms with E-state index < -0.39 is 24.0 Å². The zero-order chi connectivity index (χ0) is 22.2. The number of fused-ring (bicyclic) bond motifs is 1. The number of halogens is 3. The summed E-state index contributed by atoms with van der Waals surface area (Å²) in [6, 6.07) is 11.8. The predicted molar refractivity (Wildman–Crippen MR) is 106 cm³/mol. The minimum atomic E-state index is -4.34. The zero-order valence-electron chi connectivity index (χ0n) is 16.6. The maximum Gasteiger partial charge on any atom is 0.393 e. The smallest absolute Gasteiger partial charge is 0.349 e. The fraction of sp³-hybridized carbons (Fsp3) is 0.348. The number of rotatable bonds is 4. The summed E-state index contributed by atoms with van der Waals surface area (Å²) in [6.45, 7) is 0.0486. The van der Waals surface area contributed by atoms with Gasteiger partial charge in [-0.05, 0) is 42.7 Å². The SMILES string of the molecule is O=C(NC1CCCCC1C(F)(F)F)c1ccc(CN2C(=O)c3ccccc3C2=O)cc1. The molecule has 3 amide bonds. The average molecular weight is 430 g/mol. The summed E-state index contributed by atoms with van der Waals surface area (Å²) >= 11 is 0. The lowest BCUT2D eigenvalue weighted by Gasteiger charge is -2.33. The summed E-state index contributed by atoms with van der Waals surface area (Å²) in [7, 11) is 0. The van der Waals surface area contributed by atoms with Gasteiger partial charge in [0, 0.05) is 11.6 Å². The number of nitrogens with one attached hydrogen (secondary N) is 1. The van der Waals surface area contributed by atoms with Crippen LogP contribution >= 0.6 is 0 Å². The number of benzene rings is 2. The van der Waals surface area contributed by atoms with Crippen molar-refractivity contribution >= 4 is 17.7 Å². The van der Waals surface area contributed by atoms with E-state index >= 15 is 0 Å². The summed E-state index contributed by atoms with van der Waals surface area (Å²) in [5, 5.41) is 2.53. The molecular formula is C23H21F3N2O3. The van der Waals surface area contributed by atoms with E-state index in [1.165, 1.54) is 12.1 Å². The highest BCUT2D eigenvalue weighted by Crippen LogP contribution is 2.37. The van der Waals surface area contributed by atoms with E-state index in [4.69, 9.17) is 0 Å². The van der Waals surface area contributed by atoms with Crippen LogP contribution in [0.3, 0.4) is 0 Å². The largest absolute Gasteiger partial charge is 0.393 e. The van der Waals surface area contributed by atoms with Crippen LogP contribution in [0.1, 0.15) is 62.3 Å². The van der Waals surface area contributed by atoms with Crippen LogP contribution < -0.4 is 5.32 Å². The van der Waals surface area contributed by atoms with Gasteiger partial charge in [-0.1, -0.05) is 37.1 Å². The van der Waals surface area contributed by atoms with Crippen LogP contribution in [0.15, 0.2) is 48.5 Å². The zero-order valence-corrected chi connectivity index (χ0v) is 16.6. The topological polar surface area (TPSA) is 66.5 Å². The van der Waals surface area contributed by atoms with Crippen molar-refractivity contribution in [1.82, 2.24) is 10.2 Å². The Balaban J connectivity index is 1.42. The van der Waals surface area contributed by atoms with Crippen molar-refractivity contribution in [2.24, 2.45) is 5.92 Å². The molecular weight excluding hydrogens is 409 g/mol.